The zero-order valence-corrected chi connectivity index (χ0v) is 12.9. The second kappa shape index (κ2) is 6.42. The molecule has 2 aromatic heterocycles. The SMILES string of the molecule is C[C@H](NC(=O)c1ccco1)c1nc(-c2ccc(C(F)(F)F)cc2)no1. The van der Waals surface area contributed by atoms with Crippen LogP contribution in [0, 0.1) is 0 Å². The summed E-state index contributed by atoms with van der Waals surface area (Å²) in [7, 11) is 0. The van der Waals surface area contributed by atoms with Crippen LogP contribution in [-0.4, -0.2) is 16.0 Å². The Hall–Kier alpha value is -3.10. The number of carbonyl (C=O) groups excluding carboxylic acids is 1. The van der Waals surface area contributed by atoms with Gasteiger partial charge in [-0.15, -0.1) is 0 Å². The maximum atomic E-state index is 12.6. The Labute approximate surface area is 139 Å². The maximum Gasteiger partial charge on any atom is 0.416 e. The van der Waals surface area contributed by atoms with Gasteiger partial charge in [0, 0.05) is 5.56 Å². The first kappa shape index (κ1) is 16.7. The molecule has 0 aliphatic heterocycles. The third-order valence-corrected chi connectivity index (χ3v) is 3.38. The molecule has 1 aromatic carbocycles. The second-order valence-corrected chi connectivity index (χ2v) is 5.20. The molecule has 0 saturated heterocycles. The van der Waals surface area contributed by atoms with Crippen LogP contribution < -0.4 is 5.32 Å². The molecule has 0 bridgehead atoms. The first-order chi connectivity index (χ1) is 11.8. The van der Waals surface area contributed by atoms with Crippen molar-refractivity contribution in [2.45, 2.75) is 19.1 Å². The number of hydrogen-bond donors (Lipinski definition) is 1. The zero-order valence-electron chi connectivity index (χ0n) is 12.9. The van der Waals surface area contributed by atoms with Crippen LogP contribution in [0.2, 0.25) is 0 Å². The van der Waals surface area contributed by atoms with E-state index in [1.807, 2.05) is 0 Å². The van der Waals surface area contributed by atoms with Crippen molar-refractivity contribution in [1.29, 1.82) is 0 Å². The average molecular weight is 351 g/mol. The number of halogens is 3. The highest BCUT2D eigenvalue weighted by atomic mass is 19.4. The molecular formula is C16H12F3N3O3. The number of hydrogen-bond acceptors (Lipinski definition) is 5. The van der Waals surface area contributed by atoms with E-state index in [0.29, 0.717) is 5.56 Å². The monoisotopic (exact) mass is 351 g/mol. The molecule has 0 saturated carbocycles. The minimum absolute atomic E-state index is 0.120. The summed E-state index contributed by atoms with van der Waals surface area (Å²) in [5.41, 5.74) is -0.397. The lowest BCUT2D eigenvalue weighted by atomic mass is 10.1. The van der Waals surface area contributed by atoms with Gasteiger partial charge < -0.3 is 14.3 Å². The van der Waals surface area contributed by atoms with Crippen molar-refractivity contribution in [3.05, 3.63) is 59.9 Å². The van der Waals surface area contributed by atoms with Crippen molar-refractivity contribution in [2.24, 2.45) is 0 Å². The third-order valence-electron chi connectivity index (χ3n) is 3.38. The Bertz CT molecular complexity index is 855. The van der Waals surface area contributed by atoms with Gasteiger partial charge in [-0.1, -0.05) is 17.3 Å². The van der Waals surface area contributed by atoms with Crippen LogP contribution in [-0.2, 0) is 6.18 Å². The standard InChI is InChI=1S/C16H12F3N3O3/c1-9(20-14(23)12-3-2-8-24-12)15-21-13(22-25-15)10-4-6-11(7-5-10)16(17,18)19/h2-9H,1H3,(H,20,23)/t9-/m0/s1. The van der Waals surface area contributed by atoms with Gasteiger partial charge in [-0.25, -0.2) is 0 Å². The van der Waals surface area contributed by atoms with Gasteiger partial charge in [0.05, 0.1) is 11.8 Å². The molecule has 130 valence electrons. The van der Waals surface area contributed by atoms with Crippen molar-refractivity contribution in [2.75, 3.05) is 0 Å². The van der Waals surface area contributed by atoms with Gasteiger partial charge in [0.15, 0.2) is 5.76 Å². The summed E-state index contributed by atoms with van der Waals surface area (Å²) in [5.74, 6) is -0.0706. The number of furan rings is 1. The number of nitrogens with zero attached hydrogens (tertiary/aromatic N) is 2. The van der Waals surface area contributed by atoms with Crippen LogP contribution in [0.3, 0.4) is 0 Å². The Morgan fingerprint density at radius 3 is 2.52 bits per heavy atom. The number of alkyl halides is 3. The fourth-order valence-corrected chi connectivity index (χ4v) is 2.07. The Morgan fingerprint density at radius 1 is 1.20 bits per heavy atom. The molecule has 3 rings (SSSR count). The molecule has 9 heteroatoms. The summed E-state index contributed by atoms with van der Waals surface area (Å²) >= 11 is 0. The number of benzene rings is 1. The summed E-state index contributed by atoms with van der Waals surface area (Å²) in [6.07, 6.45) is -3.04. The normalized spacial score (nSPS) is 12.8. The molecule has 0 aliphatic carbocycles. The van der Waals surface area contributed by atoms with E-state index in [9.17, 15) is 18.0 Å². The average Bonchev–Trinajstić information content (AvgIpc) is 3.26. The highest BCUT2D eigenvalue weighted by Crippen LogP contribution is 2.30. The van der Waals surface area contributed by atoms with Crippen LogP contribution in [0.4, 0.5) is 13.2 Å². The molecule has 1 N–H and O–H groups in total. The zero-order chi connectivity index (χ0) is 18.0. The van der Waals surface area contributed by atoms with Crippen molar-refractivity contribution in [3.8, 4) is 11.4 Å². The minimum Gasteiger partial charge on any atom is -0.459 e. The predicted octanol–water partition coefficient (Wildman–Crippen LogP) is 3.84. The van der Waals surface area contributed by atoms with Gasteiger partial charge in [0.25, 0.3) is 5.91 Å². The Morgan fingerprint density at radius 2 is 1.92 bits per heavy atom. The molecule has 0 spiro atoms. The molecule has 6 nitrogen and oxygen atoms in total. The van der Waals surface area contributed by atoms with Crippen LogP contribution in [0.25, 0.3) is 11.4 Å². The van der Waals surface area contributed by atoms with E-state index in [4.69, 9.17) is 8.94 Å². The van der Waals surface area contributed by atoms with E-state index in [1.54, 1.807) is 13.0 Å². The smallest absolute Gasteiger partial charge is 0.416 e. The molecule has 0 unspecified atom stereocenters. The van der Waals surface area contributed by atoms with Crippen molar-refractivity contribution in [3.63, 3.8) is 0 Å². The lowest BCUT2D eigenvalue weighted by Gasteiger charge is -2.07. The van der Waals surface area contributed by atoms with Crippen molar-refractivity contribution in [1.82, 2.24) is 15.5 Å². The molecule has 1 amide bonds. The fourth-order valence-electron chi connectivity index (χ4n) is 2.07. The molecule has 3 aromatic rings. The number of nitrogens with one attached hydrogen (secondary N) is 1. The molecule has 2 heterocycles. The first-order valence-electron chi connectivity index (χ1n) is 7.20. The van der Waals surface area contributed by atoms with Gasteiger partial charge >= 0.3 is 6.18 Å². The van der Waals surface area contributed by atoms with Crippen molar-refractivity contribution >= 4 is 5.91 Å². The first-order valence-corrected chi connectivity index (χ1v) is 7.20. The summed E-state index contributed by atoms with van der Waals surface area (Å²) in [5, 5.41) is 6.34. The van der Waals surface area contributed by atoms with E-state index in [1.165, 1.54) is 24.5 Å². The minimum atomic E-state index is -4.41. The van der Waals surface area contributed by atoms with Gasteiger partial charge in [-0.2, -0.15) is 18.2 Å². The number of amides is 1. The van der Waals surface area contributed by atoms with Crippen LogP contribution in [0.15, 0.2) is 51.6 Å². The molecule has 1 atom stereocenters. The molecule has 0 aliphatic rings. The number of carbonyl (C=O) groups is 1. The topological polar surface area (TPSA) is 81.2 Å². The lowest BCUT2D eigenvalue weighted by molar-refractivity contribution is -0.137. The summed E-state index contributed by atoms with van der Waals surface area (Å²) in [4.78, 5) is 16.0. The number of aromatic nitrogens is 2. The van der Waals surface area contributed by atoms with Crippen molar-refractivity contribution < 1.29 is 26.9 Å². The molecular weight excluding hydrogens is 339 g/mol. The quantitative estimate of drug-likeness (QED) is 0.772. The second-order valence-electron chi connectivity index (χ2n) is 5.20. The molecule has 0 radical (unpaired) electrons. The van der Waals surface area contributed by atoms with Gasteiger partial charge in [0.2, 0.25) is 11.7 Å². The summed E-state index contributed by atoms with van der Waals surface area (Å²) in [6.45, 7) is 1.63. The van der Waals surface area contributed by atoms with Crippen LogP contribution >= 0.6 is 0 Å². The molecule has 0 fully saturated rings. The van der Waals surface area contributed by atoms with Gasteiger partial charge in [-0.05, 0) is 31.2 Å². The van der Waals surface area contributed by atoms with E-state index < -0.39 is 23.7 Å². The predicted molar refractivity (Wildman–Crippen MR) is 79.3 cm³/mol. The largest absolute Gasteiger partial charge is 0.459 e. The number of rotatable bonds is 4. The van der Waals surface area contributed by atoms with E-state index in [2.05, 4.69) is 15.5 Å². The van der Waals surface area contributed by atoms with Crippen LogP contribution in [0.5, 0.6) is 0 Å². The maximum absolute atomic E-state index is 12.6. The van der Waals surface area contributed by atoms with Gasteiger partial charge in [-0.3, -0.25) is 4.79 Å². The Balaban J connectivity index is 1.72. The third kappa shape index (κ3) is 3.70. The fraction of sp³-hybridized carbons (Fsp3) is 0.188. The summed E-state index contributed by atoms with van der Waals surface area (Å²) < 4.78 is 47.8. The van der Waals surface area contributed by atoms with E-state index in [0.717, 1.165) is 12.1 Å². The van der Waals surface area contributed by atoms with E-state index in [-0.39, 0.29) is 17.5 Å². The highest BCUT2D eigenvalue weighted by molar-refractivity contribution is 5.91. The highest BCUT2D eigenvalue weighted by Gasteiger charge is 2.30. The molecule has 25 heavy (non-hydrogen) atoms. The Kier molecular flexibility index (Phi) is 4.30. The lowest BCUT2D eigenvalue weighted by Crippen LogP contribution is -2.26. The van der Waals surface area contributed by atoms with Gasteiger partial charge in [0.1, 0.15) is 6.04 Å². The summed E-state index contributed by atoms with van der Waals surface area (Å²) in [6, 6.07) is 6.86. The van der Waals surface area contributed by atoms with Crippen LogP contribution in [0.1, 0.15) is 35.0 Å². The van der Waals surface area contributed by atoms with E-state index >= 15 is 0 Å².